The first kappa shape index (κ1) is 48.9. The summed E-state index contributed by atoms with van der Waals surface area (Å²) in [5.74, 6) is -4.46. The van der Waals surface area contributed by atoms with E-state index in [0.717, 1.165) is 60.4 Å². The van der Waals surface area contributed by atoms with Crippen LogP contribution in [0.1, 0.15) is 77.3 Å². The number of likely N-dealkylation sites (N-methyl/N-ethyl adjacent to an activating group) is 1. The molecule has 0 aliphatic carbocycles. The van der Waals surface area contributed by atoms with Crippen molar-refractivity contribution in [1.82, 2.24) is 35.1 Å². The highest BCUT2D eigenvalue weighted by molar-refractivity contribution is 5.97. The molecule has 358 valence electrons. The van der Waals surface area contributed by atoms with Gasteiger partial charge in [0.1, 0.15) is 18.1 Å². The van der Waals surface area contributed by atoms with Crippen molar-refractivity contribution in [2.24, 2.45) is 11.3 Å². The fourth-order valence-electron chi connectivity index (χ4n) is 9.87. The molecule has 0 spiro atoms. The first-order chi connectivity index (χ1) is 31.8. The highest BCUT2D eigenvalue weighted by Crippen LogP contribution is 2.42. The van der Waals surface area contributed by atoms with Gasteiger partial charge in [-0.1, -0.05) is 64.6 Å². The smallest absolute Gasteiger partial charge is 0.324 e. The molecule has 3 aliphatic rings. The number of carbonyl (C=O) groups excluding carboxylic acids is 5. The lowest BCUT2D eigenvalue weighted by Crippen LogP contribution is -2.63. The number of hydrogen-bond donors (Lipinski definition) is 2. The Morgan fingerprint density at radius 2 is 1.85 bits per heavy atom. The summed E-state index contributed by atoms with van der Waals surface area (Å²) < 4.78 is 45.8. The van der Waals surface area contributed by atoms with E-state index in [9.17, 15) is 24.0 Å². The maximum absolute atomic E-state index is 16.3. The molecule has 14 nitrogen and oxygen atoms in total. The van der Waals surface area contributed by atoms with Gasteiger partial charge in [-0.3, -0.25) is 34.0 Å². The van der Waals surface area contributed by atoms with Gasteiger partial charge >= 0.3 is 5.97 Å². The molecule has 6 bridgehead atoms. The van der Waals surface area contributed by atoms with E-state index in [-0.39, 0.29) is 25.7 Å². The average molecular weight is 924 g/mol. The van der Waals surface area contributed by atoms with Gasteiger partial charge in [-0.25, -0.2) is 14.2 Å². The molecular weight excluding hydrogens is 861 g/mol. The van der Waals surface area contributed by atoms with Crippen molar-refractivity contribution in [3.05, 3.63) is 90.3 Å². The summed E-state index contributed by atoms with van der Waals surface area (Å²) in [5, 5.41) is 5.22. The molecule has 0 unspecified atom stereocenters. The molecule has 2 aromatic carbocycles. The summed E-state index contributed by atoms with van der Waals surface area (Å²) in [6.07, 6.45) is 1.49. The summed E-state index contributed by atoms with van der Waals surface area (Å²) in [7, 11) is 2.88. The lowest BCUT2D eigenvalue weighted by molar-refractivity contribution is -0.155. The van der Waals surface area contributed by atoms with Crippen LogP contribution in [-0.2, 0) is 52.8 Å². The monoisotopic (exact) mass is 923 g/mol. The number of alkyl halides is 2. The van der Waals surface area contributed by atoms with Crippen LogP contribution in [0.2, 0.25) is 0 Å². The predicted octanol–water partition coefficient (Wildman–Crippen LogP) is 6.30. The SMILES string of the molecule is C=CC(=O)N1C[C@@H](F)[C@](F)(C(=O)N(C)[C@H](C(=O)N[C@H]2Cc3cccc(c3)-c3ccc4c(c3)c(c(-c3cccnc3[C@H](C)OC)n4CC)CC(C)(C)COC(=O)[C@@H]3CCCN(N3)C2=O)C(C)C)C1. The number of pyridine rings is 1. The lowest BCUT2D eigenvalue weighted by Gasteiger charge is -2.37. The number of ether oxygens (including phenoxy) is 2. The number of likely N-dealkylation sites (tertiary alicyclic amines) is 1. The van der Waals surface area contributed by atoms with E-state index in [4.69, 9.17) is 14.5 Å². The summed E-state index contributed by atoms with van der Waals surface area (Å²) in [6.45, 7) is 14.4. The maximum atomic E-state index is 16.3. The molecule has 16 heteroatoms. The van der Waals surface area contributed by atoms with Crippen molar-refractivity contribution in [3.8, 4) is 22.4 Å². The number of hydrazine groups is 1. The third kappa shape index (κ3) is 9.73. The Balaban J connectivity index is 1.30. The van der Waals surface area contributed by atoms with Crippen LogP contribution >= 0.6 is 0 Å². The Labute approximate surface area is 391 Å². The molecule has 67 heavy (non-hydrogen) atoms. The molecule has 4 aromatic rings. The zero-order valence-corrected chi connectivity index (χ0v) is 39.7. The number of esters is 1. The van der Waals surface area contributed by atoms with E-state index < -0.39 is 84.0 Å². The molecule has 2 saturated heterocycles. The number of halogens is 2. The van der Waals surface area contributed by atoms with E-state index in [1.807, 2.05) is 37.3 Å². The predicted molar refractivity (Wildman–Crippen MR) is 251 cm³/mol. The number of carbonyl (C=O) groups is 5. The Hall–Kier alpha value is -6.00. The summed E-state index contributed by atoms with van der Waals surface area (Å²) >= 11 is 0. The van der Waals surface area contributed by atoms with Crippen molar-refractivity contribution < 1.29 is 42.2 Å². The largest absolute Gasteiger partial charge is 0.464 e. The van der Waals surface area contributed by atoms with Crippen LogP contribution in [0.15, 0.2) is 73.4 Å². The number of fused-ring (bicyclic) bond motifs is 6. The molecule has 2 aromatic heterocycles. The van der Waals surface area contributed by atoms with Crippen molar-refractivity contribution in [2.75, 3.05) is 40.4 Å². The van der Waals surface area contributed by atoms with Gasteiger partial charge < -0.3 is 29.2 Å². The molecule has 0 radical (unpaired) electrons. The normalized spacial score (nSPS) is 23.1. The minimum atomic E-state index is -3.11. The first-order valence-corrected chi connectivity index (χ1v) is 23.1. The van der Waals surface area contributed by atoms with Gasteiger partial charge in [0.2, 0.25) is 17.5 Å². The van der Waals surface area contributed by atoms with Crippen molar-refractivity contribution in [1.29, 1.82) is 0 Å². The molecular formula is C51H63F2N7O7. The topological polar surface area (TPSA) is 155 Å². The van der Waals surface area contributed by atoms with E-state index in [2.05, 4.69) is 66.9 Å². The second-order valence-electron chi connectivity index (χ2n) is 19.2. The quantitative estimate of drug-likeness (QED) is 0.138. The Kier molecular flexibility index (Phi) is 14.4. The molecule has 4 amide bonds. The van der Waals surface area contributed by atoms with Gasteiger partial charge in [-0.15, -0.1) is 0 Å². The van der Waals surface area contributed by atoms with E-state index in [1.54, 1.807) is 27.2 Å². The molecule has 2 N–H and O–H groups in total. The number of rotatable bonds is 10. The van der Waals surface area contributed by atoms with Crippen LogP contribution in [0, 0.1) is 11.3 Å². The highest BCUT2D eigenvalue weighted by Gasteiger charge is 2.57. The lowest BCUT2D eigenvalue weighted by atomic mass is 9.84. The van der Waals surface area contributed by atoms with Gasteiger partial charge in [0, 0.05) is 61.7 Å². The Morgan fingerprint density at radius 1 is 1.10 bits per heavy atom. The van der Waals surface area contributed by atoms with Gasteiger partial charge in [0.05, 0.1) is 37.2 Å². The van der Waals surface area contributed by atoms with Crippen LogP contribution in [0.5, 0.6) is 0 Å². The molecule has 5 heterocycles. The van der Waals surface area contributed by atoms with Crippen LogP contribution in [0.3, 0.4) is 0 Å². The number of amides is 4. The molecule has 2 fully saturated rings. The summed E-state index contributed by atoms with van der Waals surface area (Å²) in [4.78, 5) is 75.6. The van der Waals surface area contributed by atoms with E-state index in [1.165, 1.54) is 12.1 Å². The van der Waals surface area contributed by atoms with Crippen LogP contribution in [0.4, 0.5) is 8.78 Å². The molecule has 0 saturated carbocycles. The minimum Gasteiger partial charge on any atom is -0.464 e. The van der Waals surface area contributed by atoms with E-state index in [0.29, 0.717) is 31.4 Å². The number of hydrogen-bond acceptors (Lipinski definition) is 9. The van der Waals surface area contributed by atoms with Crippen LogP contribution < -0.4 is 10.7 Å². The summed E-state index contributed by atoms with van der Waals surface area (Å²) in [6, 6.07) is 14.6. The summed E-state index contributed by atoms with van der Waals surface area (Å²) in [5.41, 5.74) is 6.77. The molecule has 3 aliphatic heterocycles. The van der Waals surface area contributed by atoms with Crippen molar-refractivity contribution in [2.45, 2.75) is 110 Å². The van der Waals surface area contributed by atoms with Gasteiger partial charge in [-0.2, -0.15) is 0 Å². The van der Waals surface area contributed by atoms with Gasteiger partial charge in [0.15, 0.2) is 6.17 Å². The van der Waals surface area contributed by atoms with Gasteiger partial charge in [-0.05, 0) is 91.6 Å². The number of aromatic nitrogens is 2. The second-order valence-corrected chi connectivity index (χ2v) is 19.2. The zero-order valence-electron chi connectivity index (χ0n) is 39.7. The minimum absolute atomic E-state index is 0.00587. The average Bonchev–Trinajstić information content (AvgIpc) is 3.80. The third-order valence-electron chi connectivity index (χ3n) is 13.4. The number of cyclic esters (lactones) is 1. The Bertz CT molecular complexity index is 2560. The first-order valence-electron chi connectivity index (χ1n) is 23.1. The number of methoxy groups -OCH3 is 1. The number of aryl methyl sites for hydroxylation is 1. The van der Waals surface area contributed by atoms with Crippen LogP contribution in [0.25, 0.3) is 33.3 Å². The maximum Gasteiger partial charge on any atom is 0.324 e. The number of nitrogens with zero attached hydrogens (tertiary/aromatic N) is 5. The van der Waals surface area contributed by atoms with Gasteiger partial charge in [0.25, 0.3) is 11.8 Å². The number of nitrogens with one attached hydrogen (secondary N) is 2. The number of benzene rings is 2. The van der Waals surface area contributed by atoms with Crippen LogP contribution in [-0.4, -0.2) is 124 Å². The Morgan fingerprint density at radius 3 is 2.55 bits per heavy atom. The fourth-order valence-corrected chi connectivity index (χ4v) is 9.87. The highest BCUT2D eigenvalue weighted by atomic mass is 19.2. The second kappa shape index (κ2) is 19.7. The zero-order chi connectivity index (χ0) is 48.5. The fraction of sp³-hybridized carbons (Fsp3) is 0.490. The van der Waals surface area contributed by atoms with Crippen molar-refractivity contribution >= 4 is 40.5 Å². The standard InChI is InChI=1S/C51H63F2N7O7/c1-10-42(61)58-27-41(52)51(53,28-58)49(65)57(8)44(30(3)4)46(62)55-39-24-32-15-12-16-33(23-32)34-19-20-40-36(25-34)37(45(59(40)11-2)35-17-13-21-54-43(35)31(5)66-9)26-50(6,7)29-67-48(64)38-18-14-22-60(56-38)47(39)63/h10,12-13,15-17,19-21,23,25,30-31,38-39,41,44,56H,1,11,14,18,22,24,26-29H2,2-9H3,(H,55,62)/t31-,38-,39-,41+,44-,51-/m0/s1. The third-order valence-corrected chi connectivity index (χ3v) is 13.4. The van der Waals surface area contributed by atoms with E-state index >= 15 is 8.78 Å². The molecule has 7 rings (SSSR count). The molecule has 6 atom stereocenters. The van der Waals surface area contributed by atoms with Crippen molar-refractivity contribution in [3.63, 3.8) is 0 Å².